The van der Waals surface area contributed by atoms with E-state index < -0.39 is 0 Å². The summed E-state index contributed by atoms with van der Waals surface area (Å²) >= 11 is 8.18. The lowest BCUT2D eigenvalue weighted by Gasteiger charge is -2.11. The summed E-state index contributed by atoms with van der Waals surface area (Å²) in [5.41, 5.74) is 2.00. The van der Waals surface area contributed by atoms with E-state index in [0.717, 1.165) is 23.0 Å². The Kier molecular flexibility index (Phi) is 3.59. The van der Waals surface area contributed by atoms with Crippen LogP contribution in [0.4, 0.5) is 0 Å². The second-order valence-electron chi connectivity index (χ2n) is 3.91. The molecular formula is C10H16ClN3S. The zero-order chi connectivity index (χ0) is 10.8. The van der Waals surface area contributed by atoms with E-state index in [1.807, 2.05) is 30.4 Å². The van der Waals surface area contributed by atoms with Gasteiger partial charge in [-0.05, 0) is 19.1 Å². The maximum absolute atomic E-state index is 6.17. The highest BCUT2D eigenvalue weighted by Gasteiger charge is 2.17. The van der Waals surface area contributed by atoms with Crippen LogP contribution in [0.2, 0.25) is 5.02 Å². The molecule has 0 bridgehead atoms. The zero-order valence-electron chi connectivity index (χ0n) is 9.09. The maximum atomic E-state index is 6.17. The van der Waals surface area contributed by atoms with Crippen molar-refractivity contribution in [2.75, 3.05) is 11.5 Å². The molecule has 1 unspecified atom stereocenters. The maximum Gasteiger partial charge on any atom is 0.0860 e. The summed E-state index contributed by atoms with van der Waals surface area (Å²) in [5.74, 6) is 2.49. The van der Waals surface area contributed by atoms with Gasteiger partial charge in [0.1, 0.15) is 0 Å². The van der Waals surface area contributed by atoms with Crippen LogP contribution in [0.25, 0.3) is 0 Å². The van der Waals surface area contributed by atoms with E-state index in [4.69, 9.17) is 11.6 Å². The number of hydrogen-bond acceptors (Lipinski definition) is 3. The molecule has 1 N–H and O–H groups in total. The van der Waals surface area contributed by atoms with Crippen molar-refractivity contribution >= 4 is 23.4 Å². The summed E-state index contributed by atoms with van der Waals surface area (Å²) in [6.07, 6.45) is 1.26. The number of hydrogen-bond donors (Lipinski definition) is 1. The Bertz CT molecular complexity index is 345. The first-order valence-corrected chi connectivity index (χ1v) is 6.71. The summed E-state index contributed by atoms with van der Waals surface area (Å²) in [7, 11) is 1.94. The fraction of sp³-hybridized carbons (Fsp3) is 0.700. The quantitative estimate of drug-likeness (QED) is 0.883. The first kappa shape index (κ1) is 11.3. The molecule has 0 spiro atoms. The first-order valence-electron chi connectivity index (χ1n) is 5.17. The van der Waals surface area contributed by atoms with E-state index in [-0.39, 0.29) is 0 Å². The average Bonchev–Trinajstić information content (AvgIpc) is 2.76. The van der Waals surface area contributed by atoms with Crippen molar-refractivity contribution in [2.24, 2.45) is 7.05 Å². The highest BCUT2D eigenvalue weighted by Crippen LogP contribution is 2.21. The molecule has 1 fully saturated rings. The molecule has 1 atom stereocenters. The minimum atomic E-state index is 0.640. The molecule has 2 heterocycles. The fourth-order valence-electron chi connectivity index (χ4n) is 1.81. The van der Waals surface area contributed by atoms with Crippen LogP contribution < -0.4 is 5.32 Å². The molecule has 3 nitrogen and oxygen atoms in total. The Hall–Kier alpha value is -0.190. The van der Waals surface area contributed by atoms with Crippen LogP contribution in [0.3, 0.4) is 0 Å². The van der Waals surface area contributed by atoms with Gasteiger partial charge < -0.3 is 5.32 Å². The van der Waals surface area contributed by atoms with E-state index in [2.05, 4.69) is 10.4 Å². The van der Waals surface area contributed by atoms with Gasteiger partial charge in [-0.3, -0.25) is 4.68 Å². The van der Waals surface area contributed by atoms with Crippen LogP contribution in [0, 0.1) is 6.92 Å². The summed E-state index contributed by atoms with van der Waals surface area (Å²) in [5, 5.41) is 8.62. The van der Waals surface area contributed by atoms with Gasteiger partial charge >= 0.3 is 0 Å². The highest BCUT2D eigenvalue weighted by atomic mass is 35.5. The Labute approximate surface area is 99.6 Å². The van der Waals surface area contributed by atoms with Crippen molar-refractivity contribution in [3.63, 3.8) is 0 Å². The molecule has 1 aromatic rings. The van der Waals surface area contributed by atoms with Gasteiger partial charge in [0.25, 0.3) is 0 Å². The third kappa shape index (κ3) is 2.49. The summed E-state index contributed by atoms with van der Waals surface area (Å²) < 4.78 is 1.87. The Morgan fingerprint density at radius 3 is 3.00 bits per heavy atom. The van der Waals surface area contributed by atoms with Crippen LogP contribution in [-0.2, 0) is 13.6 Å². The molecule has 0 radical (unpaired) electrons. The van der Waals surface area contributed by atoms with Crippen LogP contribution in [0.15, 0.2) is 0 Å². The van der Waals surface area contributed by atoms with E-state index in [0.29, 0.717) is 6.04 Å². The molecule has 1 aliphatic heterocycles. The van der Waals surface area contributed by atoms with Crippen molar-refractivity contribution in [3.8, 4) is 0 Å². The lowest BCUT2D eigenvalue weighted by Crippen LogP contribution is -2.28. The fourth-order valence-corrected chi connectivity index (χ4v) is 3.22. The smallest absolute Gasteiger partial charge is 0.0860 e. The molecule has 0 aliphatic carbocycles. The Balaban J connectivity index is 1.97. The SMILES string of the molecule is Cc1nn(C)c(CNC2CCSC2)c1Cl. The molecule has 1 saturated heterocycles. The standard InChI is InChI=1S/C10H16ClN3S/c1-7-10(11)9(14(2)13-7)5-12-8-3-4-15-6-8/h8,12H,3-6H2,1-2H3. The highest BCUT2D eigenvalue weighted by molar-refractivity contribution is 7.99. The van der Waals surface area contributed by atoms with Gasteiger partial charge in [0, 0.05) is 25.4 Å². The van der Waals surface area contributed by atoms with E-state index in [1.54, 1.807) is 0 Å². The second-order valence-corrected chi connectivity index (χ2v) is 5.44. The van der Waals surface area contributed by atoms with Crippen LogP contribution in [-0.4, -0.2) is 27.3 Å². The van der Waals surface area contributed by atoms with Gasteiger partial charge in [-0.2, -0.15) is 16.9 Å². The third-order valence-corrected chi connectivity index (χ3v) is 4.40. The molecule has 84 valence electrons. The molecule has 1 aromatic heterocycles. The van der Waals surface area contributed by atoms with Crippen molar-refractivity contribution in [2.45, 2.75) is 25.9 Å². The lowest BCUT2D eigenvalue weighted by atomic mass is 10.2. The Morgan fingerprint density at radius 2 is 2.47 bits per heavy atom. The molecule has 1 aliphatic rings. The van der Waals surface area contributed by atoms with E-state index in [9.17, 15) is 0 Å². The molecule has 0 amide bonds. The molecule has 0 saturated carbocycles. The third-order valence-electron chi connectivity index (χ3n) is 2.75. The van der Waals surface area contributed by atoms with Gasteiger partial charge in [-0.15, -0.1) is 0 Å². The van der Waals surface area contributed by atoms with Crippen molar-refractivity contribution in [1.82, 2.24) is 15.1 Å². The Morgan fingerprint density at radius 1 is 1.67 bits per heavy atom. The van der Waals surface area contributed by atoms with Crippen molar-refractivity contribution in [1.29, 1.82) is 0 Å². The monoisotopic (exact) mass is 245 g/mol. The molecule has 2 rings (SSSR count). The molecule has 0 aromatic carbocycles. The minimum Gasteiger partial charge on any atom is -0.307 e. The molecule has 5 heteroatoms. The second kappa shape index (κ2) is 4.76. The predicted molar refractivity (Wildman–Crippen MR) is 65.5 cm³/mol. The topological polar surface area (TPSA) is 29.9 Å². The van der Waals surface area contributed by atoms with Gasteiger partial charge in [0.05, 0.1) is 16.4 Å². The van der Waals surface area contributed by atoms with E-state index >= 15 is 0 Å². The number of rotatable bonds is 3. The van der Waals surface area contributed by atoms with Crippen LogP contribution >= 0.6 is 23.4 Å². The largest absolute Gasteiger partial charge is 0.307 e. The van der Waals surface area contributed by atoms with Gasteiger partial charge in [0.2, 0.25) is 0 Å². The first-order chi connectivity index (χ1) is 7.18. The van der Waals surface area contributed by atoms with Gasteiger partial charge in [-0.1, -0.05) is 11.6 Å². The number of thioether (sulfide) groups is 1. The zero-order valence-corrected chi connectivity index (χ0v) is 10.7. The van der Waals surface area contributed by atoms with Crippen LogP contribution in [0.5, 0.6) is 0 Å². The van der Waals surface area contributed by atoms with Crippen LogP contribution in [0.1, 0.15) is 17.8 Å². The summed E-state index contributed by atoms with van der Waals surface area (Å²) in [6, 6.07) is 0.640. The summed E-state index contributed by atoms with van der Waals surface area (Å²) in [4.78, 5) is 0. The molecular weight excluding hydrogens is 230 g/mol. The van der Waals surface area contributed by atoms with Gasteiger partial charge in [0.15, 0.2) is 0 Å². The van der Waals surface area contributed by atoms with Gasteiger partial charge in [-0.25, -0.2) is 0 Å². The van der Waals surface area contributed by atoms with Crippen molar-refractivity contribution in [3.05, 3.63) is 16.4 Å². The molecule has 15 heavy (non-hydrogen) atoms. The number of aryl methyl sites for hydroxylation is 2. The predicted octanol–water partition coefficient (Wildman–Crippen LogP) is 1.98. The number of halogens is 1. The average molecular weight is 246 g/mol. The van der Waals surface area contributed by atoms with E-state index in [1.165, 1.54) is 17.9 Å². The minimum absolute atomic E-state index is 0.640. The van der Waals surface area contributed by atoms with Crippen molar-refractivity contribution < 1.29 is 0 Å². The number of nitrogens with one attached hydrogen (secondary N) is 1. The normalized spacial score (nSPS) is 21.1. The summed E-state index contributed by atoms with van der Waals surface area (Å²) in [6.45, 7) is 2.76. The lowest BCUT2D eigenvalue weighted by molar-refractivity contribution is 0.536. The number of nitrogens with zero attached hydrogens (tertiary/aromatic N) is 2. The number of aromatic nitrogens is 2.